The Balaban J connectivity index is 1.76. The van der Waals surface area contributed by atoms with E-state index in [-0.39, 0.29) is 17.6 Å². The van der Waals surface area contributed by atoms with Crippen LogP contribution >= 0.6 is 0 Å². The third-order valence-electron chi connectivity index (χ3n) is 5.59. The van der Waals surface area contributed by atoms with E-state index in [4.69, 9.17) is 5.73 Å². The number of nitrogens with zero attached hydrogens (tertiary/aromatic N) is 1. The van der Waals surface area contributed by atoms with Crippen molar-refractivity contribution in [3.05, 3.63) is 58.7 Å². The fraction of sp³-hybridized carbons (Fsp3) is 0.440. The normalized spacial score (nSPS) is 12.7. The Bertz CT molecular complexity index is 902. The molecule has 0 saturated carbocycles. The van der Waals surface area contributed by atoms with Crippen LogP contribution in [0.25, 0.3) is 0 Å². The fourth-order valence-electron chi connectivity index (χ4n) is 3.61. The van der Waals surface area contributed by atoms with E-state index in [1.54, 1.807) is 19.1 Å². The van der Waals surface area contributed by atoms with Gasteiger partial charge in [0.25, 0.3) is 0 Å². The molecule has 0 aromatic heterocycles. The predicted molar refractivity (Wildman–Crippen MR) is 129 cm³/mol. The largest absolute Gasteiger partial charge is 0.508 e. The van der Waals surface area contributed by atoms with Crippen molar-refractivity contribution < 1.29 is 14.7 Å². The predicted octanol–water partition coefficient (Wildman–Crippen LogP) is 2.20. The molecule has 0 aliphatic rings. The van der Waals surface area contributed by atoms with Gasteiger partial charge >= 0.3 is 0 Å². The highest BCUT2D eigenvalue weighted by molar-refractivity contribution is 5.89. The standard InChI is InChI=1S/C25H36N4O3/c1-16-13-21(30)14-17(2)22(16)15-23(26)25(32)28-18(3)24(31)27-12-6-7-19-8-10-20(11-9-19)29(4)5/h8-11,13-14,18,23,30H,6-7,12,15,26H2,1-5H3,(H,27,31)(H,28,32)/t18-,23+/m1/s1. The Kier molecular flexibility index (Phi) is 9.08. The lowest BCUT2D eigenvalue weighted by molar-refractivity contribution is -0.129. The zero-order valence-electron chi connectivity index (χ0n) is 19.7. The van der Waals surface area contributed by atoms with Gasteiger partial charge in [-0.1, -0.05) is 12.1 Å². The molecule has 0 radical (unpaired) electrons. The van der Waals surface area contributed by atoms with Crippen molar-refractivity contribution in [2.75, 3.05) is 25.5 Å². The van der Waals surface area contributed by atoms with Crippen LogP contribution in [0.4, 0.5) is 5.69 Å². The molecule has 0 aliphatic heterocycles. The maximum atomic E-state index is 12.5. The molecule has 32 heavy (non-hydrogen) atoms. The van der Waals surface area contributed by atoms with E-state index in [0.29, 0.717) is 13.0 Å². The lowest BCUT2D eigenvalue weighted by atomic mass is 9.96. The lowest BCUT2D eigenvalue weighted by Gasteiger charge is -2.19. The fourth-order valence-corrected chi connectivity index (χ4v) is 3.61. The maximum Gasteiger partial charge on any atom is 0.242 e. The molecule has 0 fully saturated rings. The Morgan fingerprint density at radius 2 is 1.66 bits per heavy atom. The molecule has 174 valence electrons. The third-order valence-corrected chi connectivity index (χ3v) is 5.59. The maximum absolute atomic E-state index is 12.5. The van der Waals surface area contributed by atoms with Crippen LogP contribution < -0.4 is 21.3 Å². The van der Waals surface area contributed by atoms with Crippen molar-refractivity contribution >= 4 is 17.5 Å². The molecule has 0 spiro atoms. The van der Waals surface area contributed by atoms with Crippen molar-refractivity contribution in [2.24, 2.45) is 5.73 Å². The first-order chi connectivity index (χ1) is 15.1. The number of rotatable bonds is 10. The van der Waals surface area contributed by atoms with Crippen LogP contribution in [0, 0.1) is 13.8 Å². The molecular formula is C25H36N4O3. The lowest BCUT2D eigenvalue weighted by Crippen LogP contribution is -2.51. The molecule has 2 aromatic rings. The number of hydrogen-bond acceptors (Lipinski definition) is 5. The van der Waals surface area contributed by atoms with Gasteiger partial charge in [0.05, 0.1) is 6.04 Å². The number of phenolic OH excluding ortho intramolecular Hbond substituents is 1. The van der Waals surface area contributed by atoms with Gasteiger partial charge in [-0.15, -0.1) is 0 Å². The molecule has 0 heterocycles. The summed E-state index contributed by atoms with van der Waals surface area (Å²) in [7, 11) is 4.01. The number of nitrogens with one attached hydrogen (secondary N) is 2. The number of nitrogens with two attached hydrogens (primary N) is 1. The van der Waals surface area contributed by atoms with Gasteiger partial charge in [-0.25, -0.2) is 0 Å². The Hall–Kier alpha value is -3.06. The van der Waals surface area contributed by atoms with E-state index in [0.717, 1.165) is 35.2 Å². The molecular weight excluding hydrogens is 404 g/mol. The van der Waals surface area contributed by atoms with E-state index < -0.39 is 12.1 Å². The molecule has 0 unspecified atom stereocenters. The van der Waals surface area contributed by atoms with Crippen molar-refractivity contribution in [3.8, 4) is 5.75 Å². The second-order valence-electron chi connectivity index (χ2n) is 8.55. The highest BCUT2D eigenvalue weighted by Crippen LogP contribution is 2.21. The molecule has 7 heteroatoms. The summed E-state index contributed by atoms with van der Waals surface area (Å²) in [5.74, 6) is -0.413. The van der Waals surface area contributed by atoms with Gasteiger partial charge in [-0.3, -0.25) is 9.59 Å². The number of carbonyl (C=O) groups is 2. The van der Waals surface area contributed by atoms with Crippen molar-refractivity contribution in [2.45, 2.75) is 52.1 Å². The summed E-state index contributed by atoms with van der Waals surface area (Å²) in [5, 5.41) is 15.2. The average Bonchev–Trinajstić information content (AvgIpc) is 2.73. The van der Waals surface area contributed by atoms with Crippen LogP contribution in [0.3, 0.4) is 0 Å². The van der Waals surface area contributed by atoms with Gasteiger partial charge in [0.1, 0.15) is 11.8 Å². The SMILES string of the molecule is Cc1cc(O)cc(C)c1C[C@H](N)C(=O)N[C@H](C)C(=O)NCCCc1ccc(N(C)C)cc1. The van der Waals surface area contributed by atoms with E-state index >= 15 is 0 Å². The first-order valence-electron chi connectivity index (χ1n) is 11.0. The molecule has 0 aliphatic carbocycles. The second kappa shape index (κ2) is 11.5. The zero-order valence-corrected chi connectivity index (χ0v) is 19.7. The minimum atomic E-state index is -0.780. The summed E-state index contributed by atoms with van der Waals surface area (Å²) in [5.41, 5.74) is 11.1. The topological polar surface area (TPSA) is 108 Å². The quantitative estimate of drug-likeness (QED) is 0.424. The van der Waals surface area contributed by atoms with Gasteiger partial charge in [0, 0.05) is 26.3 Å². The van der Waals surface area contributed by atoms with E-state index in [2.05, 4.69) is 39.8 Å². The van der Waals surface area contributed by atoms with Crippen LogP contribution in [0.15, 0.2) is 36.4 Å². The van der Waals surface area contributed by atoms with Gasteiger partial charge < -0.3 is 26.4 Å². The van der Waals surface area contributed by atoms with Crippen molar-refractivity contribution in [1.82, 2.24) is 10.6 Å². The summed E-state index contributed by atoms with van der Waals surface area (Å²) in [4.78, 5) is 26.9. The number of hydrogen-bond donors (Lipinski definition) is 4. The van der Waals surface area contributed by atoms with Gasteiger partial charge in [0.15, 0.2) is 0 Å². The van der Waals surface area contributed by atoms with Crippen LogP contribution in [0.2, 0.25) is 0 Å². The second-order valence-corrected chi connectivity index (χ2v) is 8.55. The van der Waals surface area contributed by atoms with Gasteiger partial charge in [0.2, 0.25) is 11.8 Å². The van der Waals surface area contributed by atoms with Crippen LogP contribution in [0.1, 0.15) is 35.6 Å². The summed E-state index contributed by atoms with van der Waals surface area (Å²) < 4.78 is 0. The molecule has 2 aromatic carbocycles. The van der Waals surface area contributed by atoms with E-state index in [1.807, 2.05) is 27.9 Å². The molecule has 2 rings (SSSR count). The third kappa shape index (κ3) is 7.27. The van der Waals surface area contributed by atoms with Crippen LogP contribution in [-0.4, -0.2) is 49.6 Å². The molecule has 2 atom stereocenters. The van der Waals surface area contributed by atoms with Crippen molar-refractivity contribution in [3.63, 3.8) is 0 Å². The minimum absolute atomic E-state index is 0.192. The van der Waals surface area contributed by atoms with Crippen molar-refractivity contribution in [1.29, 1.82) is 0 Å². The van der Waals surface area contributed by atoms with Gasteiger partial charge in [-0.2, -0.15) is 0 Å². The highest BCUT2D eigenvalue weighted by atomic mass is 16.3. The Morgan fingerprint density at radius 1 is 1.06 bits per heavy atom. The molecule has 0 saturated heterocycles. The van der Waals surface area contributed by atoms with E-state index in [9.17, 15) is 14.7 Å². The van der Waals surface area contributed by atoms with Crippen LogP contribution in [-0.2, 0) is 22.4 Å². The highest BCUT2D eigenvalue weighted by Gasteiger charge is 2.21. The smallest absolute Gasteiger partial charge is 0.242 e. The summed E-state index contributed by atoms with van der Waals surface area (Å²) >= 11 is 0. The number of aromatic hydroxyl groups is 1. The number of amides is 2. The summed E-state index contributed by atoms with van der Waals surface area (Å²) in [6.45, 7) is 5.93. The number of anilines is 1. The molecule has 7 nitrogen and oxygen atoms in total. The molecule has 5 N–H and O–H groups in total. The number of carbonyl (C=O) groups excluding carboxylic acids is 2. The number of aryl methyl sites for hydroxylation is 3. The zero-order chi connectivity index (χ0) is 23.8. The summed E-state index contributed by atoms with van der Waals surface area (Å²) in [6, 6.07) is 10.2. The Morgan fingerprint density at radius 3 is 2.22 bits per heavy atom. The first kappa shape index (κ1) is 25.2. The number of benzene rings is 2. The first-order valence-corrected chi connectivity index (χ1v) is 11.0. The summed E-state index contributed by atoms with van der Waals surface area (Å²) in [6.07, 6.45) is 2.02. The Labute approximate surface area is 191 Å². The molecule has 2 amide bonds. The average molecular weight is 441 g/mol. The minimum Gasteiger partial charge on any atom is -0.508 e. The molecule has 0 bridgehead atoms. The van der Waals surface area contributed by atoms with Crippen LogP contribution in [0.5, 0.6) is 5.75 Å². The van der Waals surface area contributed by atoms with Gasteiger partial charge in [-0.05, 0) is 86.6 Å². The van der Waals surface area contributed by atoms with E-state index in [1.165, 1.54) is 5.56 Å². The number of phenols is 1. The monoisotopic (exact) mass is 440 g/mol.